The summed E-state index contributed by atoms with van der Waals surface area (Å²) in [5.41, 5.74) is 0.616. The maximum Gasteiger partial charge on any atom is 0.241 e. The zero-order valence-electron chi connectivity index (χ0n) is 12.4. The van der Waals surface area contributed by atoms with E-state index >= 15 is 0 Å². The molecule has 21 heavy (non-hydrogen) atoms. The molecule has 2 atom stereocenters. The quantitative estimate of drug-likeness (QED) is 0.885. The van der Waals surface area contributed by atoms with E-state index in [0.29, 0.717) is 22.4 Å². The Morgan fingerprint density at radius 1 is 1.43 bits per heavy atom. The van der Waals surface area contributed by atoms with Crippen molar-refractivity contribution < 1.29 is 13.2 Å². The lowest BCUT2D eigenvalue weighted by Gasteiger charge is -2.28. The minimum Gasteiger partial charge on any atom is -0.495 e. The summed E-state index contributed by atoms with van der Waals surface area (Å²) in [6, 6.07) is 3.35. The number of halogens is 1. The normalized spacial score (nSPS) is 23.0. The molecule has 0 bridgehead atoms. The third-order valence-electron chi connectivity index (χ3n) is 3.68. The van der Waals surface area contributed by atoms with Crippen LogP contribution < -0.4 is 14.8 Å². The molecule has 1 heterocycles. The van der Waals surface area contributed by atoms with Crippen LogP contribution in [0.15, 0.2) is 17.0 Å². The minimum atomic E-state index is -3.58. The highest BCUT2D eigenvalue weighted by Gasteiger charge is 2.26. The molecular formula is C14H21ClN2O3S. The van der Waals surface area contributed by atoms with E-state index in [0.717, 1.165) is 19.4 Å². The average Bonchev–Trinajstić information content (AvgIpc) is 2.40. The number of sulfonamides is 1. The van der Waals surface area contributed by atoms with E-state index in [4.69, 9.17) is 16.3 Å². The fourth-order valence-electron chi connectivity index (χ4n) is 2.60. The second kappa shape index (κ2) is 6.52. The first-order valence-electron chi connectivity index (χ1n) is 6.93. The van der Waals surface area contributed by atoms with Gasteiger partial charge in [-0.2, -0.15) is 0 Å². The zero-order valence-corrected chi connectivity index (χ0v) is 14.0. The lowest BCUT2D eigenvalue weighted by atomic mass is 10.0. The Kier molecular flexibility index (Phi) is 5.14. The van der Waals surface area contributed by atoms with E-state index < -0.39 is 10.0 Å². The maximum absolute atomic E-state index is 12.5. The molecule has 0 amide bonds. The maximum atomic E-state index is 12.5. The van der Waals surface area contributed by atoms with Crippen molar-refractivity contribution in [1.82, 2.24) is 10.0 Å². The van der Waals surface area contributed by atoms with Gasteiger partial charge >= 0.3 is 0 Å². The summed E-state index contributed by atoms with van der Waals surface area (Å²) in [6.45, 7) is 4.60. The fourth-order valence-corrected chi connectivity index (χ4v) is 4.45. The van der Waals surface area contributed by atoms with Gasteiger partial charge in [0.15, 0.2) is 0 Å². The highest BCUT2D eigenvalue weighted by molar-refractivity contribution is 7.89. The van der Waals surface area contributed by atoms with Gasteiger partial charge in [-0.25, -0.2) is 13.1 Å². The third kappa shape index (κ3) is 3.88. The topological polar surface area (TPSA) is 67.4 Å². The Morgan fingerprint density at radius 2 is 2.14 bits per heavy atom. The van der Waals surface area contributed by atoms with Gasteiger partial charge in [-0.1, -0.05) is 11.6 Å². The van der Waals surface area contributed by atoms with E-state index in [9.17, 15) is 8.42 Å². The van der Waals surface area contributed by atoms with Crippen LogP contribution in [-0.2, 0) is 10.0 Å². The Morgan fingerprint density at radius 3 is 2.76 bits per heavy atom. The second-order valence-electron chi connectivity index (χ2n) is 5.45. The molecule has 2 N–H and O–H groups in total. The predicted octanol–water partition coefficient (Wildman–Crippen LogP) is 2.08. The summed E-state index contributed by atoms with van der Waals surface area (Å²) in [5, 5.41) is 3.59. The van der Waals surface area contributed by atoms with Crippen molar-refractivity contribution in [1.29, 1.82) is 0 Å². The first kappa shape index (κ1) is 16.5. The summed E-state index contributed by atoms with van der Waals surface area (Å²) in [5.74, 6) is 0.476. The van der Waals surface area contributed by atoms with E-state index in [1.165, 1.54) is 13.2 Å². The fraction of sp³-hybridized carbons (Fsp3) is 0.571. The molecule has 1 aromatic rings. The number of hydrogen-bond donors (Lipinski definition) is 2. The molecular weight excluding hydrogens is 312 g/mol. The van der Waals surface area contributed by atoms with Crippen molar-refractivity contribution >= 4 is 21.6 Å². The number of hydrogen-bond acceptors (Lipinski definition) is 4. The van der Waals surface area contributed by atoms with Gasteiger partial charge in [0, 0.05) is 12.1 Å². The molecule has 1 aliphatic rings. The summed E-state index contributed by atoms with van der Waals surface area (Å²) in [6.07, 6.45) is 1.56. The van der Waals surface area contributed by atoms with Gasteiger partial charge in [-0.3, -0.25) is 0 Å². The number of rotatable bonds is 4. The molecule has 1 saturated heterocycles. The van der Waals surface area contributed by atoms with Crippen LogP contribution in [0, 0.1) is 6.92 Å². The van der Waals surface area contributed by atoms with Gasteiger partial charge in [0.1, 0.15) is 5.75 Å². The Labute approximate surface area is 131 Å². The highest BCUT2D eigenvalue weighted by Crippen LogP contribution is 2.30. The first-order valence-corrected chi connectivity index (χ1v) is 8.79. The van der Waals surface area contributed by atoms with Crippen LogP contribution in [-0.4, -0.2) is 34.2 Å². The Balaban J connectivity index is 2.25. The number of piperidine rings is 1. The van der Waals surface area contributed by atoms with Gasteiger partial charge in [-0.05, 0) is 50.9 Å². The molecule has 0 saturated carbocycles. The summed E-state index contributed by atoms with van der Waals surface area (Å²) in [4.78, 5) is 0.208. The van der Waals surface area contributed by atoms with Gasteiger partial charge in [-0.15, -0.1) is 0 Å². The molecule has 2 rings (SSSR count). The molecule has 0 radical (unpaired) electrons. The molecule has 0 aromatic heterocycles. The standard InChI is InChI=1S/C14H21ClN2O3S/c1-9-6-13(20-3)12(15)8-14(9)21(18,19)17-11-4-5-16-10(2)7-11/h6,8,10-11,16-17H,4-5,7H2,1-3H3. The smallest absolute Gasteiger partial charge is 0.241 e. The predicted molar refractivity (Wildman–Crippen MR) is 83.5 cm³/mol. The van der Waals surface area contributed by atoms with Crippen LogP contribution in [0.2, 0.25) is 5.02 Å². The third-order valence-corrected chi connectivity index (χ3v) is 5.64. The van der Waals surface area contributed by atoms with Crippen molar-refractivity contribution in [2.75, 3.05) is 13.7 Å². The second-order valence-corrected chi connectivity index (χ2v) is 7.54. The zero-order chi connectivity index (χ0) is 15.6. The van der Waals surface area contributed by atoms with Crippen LogP contribution in [0.5, 0.6) is 5.75 Å². The number of ether oxygens (including phenoxy) is 1. The first-order chi connectivity index (χ1) is 9.83. The van der Waals surface area contributed by atoms with Crippen LogP contribution in [0.1, 0.15) is 25.3 Å². The SMILES string of the molecule is COc1cc(C)c(S(=O)(=O)NC2CCNC(C)C2)cc1Cl. The summed E-state index contributed by atoms with van der Waals surface area (Å²) in [7, 11) is -2.08. The average molecular weight is 333 g/mol. The van der Waals surface area contributed by atoms with E-state index in [1.807, 2.05) is 0 Å². The molecule has 118 valence electrons. The lowest BCUT2D eigenvalue weighted by Crippen LogP contribution is -2.46. The number of nitrogens with one attached hydrogen (secondary N) is 2. The van der Waals surface area contributed by atoms with E-state index in [1.54, 1.807) is 13.0 Å². The molecule has 1 aromatic carbocycles. The van der Waals surface area contributed by atoms with Crippen molar-refractivity contribution in [2.24, 2.45) is 0 Å². The molecule has 5 nitrogen and oxygen atoms in total. The van der Waals surface area contributed by atoms with Crippen LogP contribution in [0.4, 0.5) is 0 Å². The van der Waals surface area contributed by atoms with Crippen LogP contribution >= 0.6 is 11.6 Å². The molecule has 0 spiro atoms. The monoisotopic (exact) mass is 332 g/mol. The van der Waals surface area contributed by atoms with Gasteiger partial charge < -0.3 is 10.1 Å². The minimum absolute atomic E-state index is 0.0495. The Bertz CT molecular complexity index is 619. The van der Waals surface area contributed by atoms with Gasteiger partial charge in [0.05, 0.1) is 17.0 Å². The van der Waals surface area contributed by atoms with Crippen molar-refractivity contribution in [2.45, 2.75) is 43.7 Å². The number of aryl methyl sites for hydroxylation is 1. The van der Waals surface area contributed by atoms with Crippen molar-refractivity contribution in [3.8, 4) is 5.75 Å². The summed E-state index contributed by atoms with van der Waals surface area (Å²) >= 11 is 6.05. The molecule has 1 fully saturated rings. The van der Waals surface area contributed by atoms with E-state index in [2.05, 4.69) is 17.0 Å². The van der Waals surface area contributed by atoms with Gasteiger partial charge in [0.2, 0.25) is 10.0 Å². The van der Waals surface area contributed by atoms with E-state index in [-0.39, 0.29) is 10.9 Å². The molecule has 7 heteroatoms. The number of methoxy groups -OCH3 is 1. The Hall–Kier alpha value is -0.820. The van der Waals surface area contributed by atoms with Crippen molar-refractivity contribution in [3.63, 3.8) is 0 Å². The van der Waals surface area contributed by atoms with Crippen LogP contribution in [0.3, 0.4) is 0 Å². The molecule has 0 aliphatic carbocycles. The van der Waals surface area contributed by atoms with Crippen molar-refractivity contribution in [3.05, 3.63) is 22.7 Å². The largest absolute Gasteiger partial charge is 0.495 e. The highest BCUT2D eigenvalue weighted by atomic mass is 35.5. The van der Waals surface area contributed by atoms with Gasteiger partial charge in [0.25, 0.3) is 0 Å². The van der Waals surface area contributed by atoms with Crippen LogP contribution in [0.25, 0.3) is 0 Å². The molecule has 1 aliphatic heterocycles. The summed E-state index contributed by atoms with van der Waals surface area (Å²) < 4.78 is 33.0. The lowest BCUT2D eigenvalue weighted by molar-refractivity contribution is 0.361. The molecule has 2 unspecified atom stereocenters. The number of benzene rings is 1.